The van der Waals surface area contributed by atoms with Crippen LogP contribution in [-0.4, -0.2) is 29.6 Å². The third-order valence-electron chi connectivity index (χ3n) is 4.71. The van der Waals surface area contributed by atoms with Crippen molar-refractivity contribution < 1.29 is 29.0 Å². The molecule has 1 aliphatic rings. The van der Waals surface area contributed by atoms with Crippen molar-refractivity contribution >= 4 is 52.7 Å². The first-order chi connectivity index (χ1) is 12.7. The van der Waals surface area contributed by atoms with Crippen LogP contribution in [0.5, 0.6) is 5.75 Å². The zero-order valence-corrected chi connectivity index (χ0v) is 16.9. The molecule has 1 N–H and O–H groups in total. The maximum Gasteiger partial charge on any atom is 0.422 e. The van der Waals surface area contributed by atoms with Crippen molar-refractivity contribution in [3.63, 3.8) is 0 Å². The molecule has 0 radical (unpaired) electrons. The Bertz CT molecular complexity index is 743. The van der Waals surface area contributed by atoms with Gasteiger partial charge in [-0.25, -0.2) is 14.4 Å². The molecular formula is C18H19Cl3O6. The molecule has 1 saturated carbocycles. The van der Waals surface area contributed by atoms with Crippen LogP contribution in [0.2, 0.25) is 15.1 Å². The molecule has 0 aliphatic heterocycles. The van der Waals surface area contributed by atoms with Crippen molar-refractivity contribution in [1.29, 1.82) is 0 Å². The van der Waals surface area contributed by atoms with Gasteiger partial charge in [0.1, 0.15) is 5.56 Å². The molecular weight excluding hydrogens is 419 g/mol. The van der Waals surface area contributed by atoms with Gasteiger partial charge in [0.2, 0.25) is 0 Å². The highest BCUT2D eigenvalue weighted by atomic mass is 35.5. The number of benzene rings is 1. The minimum absolute atomic E-state index is 0.0527. The first kappa shape index (κ1) is 21.8. The van der Waals surface area contributed by atoms with Gasteiger partial charge in [0, 0.05) is 0 Å². The minimum atomic E-state index is -1.85. The van der Waals surface area contributed by atoms with Crippen LogP contribution >= 0.6 is 34.8 Å². The molecule has 148 valence electrons. The van der Waals surface area contributed by atoms with E-state index in [-0.39, 0.29) is 27.2 Å². The van der Waals surface area contributed by atoms with Crippen molar-refractivity contribution in [1.82, 2.24) is 0 Å². The molecule has 0 aromatic heterocycles. The summed E-state index contributed by atoms with van der Waals surface area (Å²) in [7, 11) is 0. The van der Waals surface area contributed by atoms with Crippen molar-refractivity contribution in [2.75, 3.05) is 6.61 Å². The first-order valence-corrected chi connectivity index (χ1v) is 9.65. The maximum atomic E-state index is 12.5. The summed E-state index contributed by atoms with van der Waals surface area (Å²) in [5.74, 6) is -3.81. The molecule has 6 nitrogen and oxygen atoms in total. The molecule has 0 amide bonds. The summed E-state index contributed by atoms with van der Waals surface area (Å²) >= 11 is 17.9. The Kier molecular flexibility index (Phi) is 7.77. The third kappa shape index (κ3) is 5.50. The normalized spacial score (nSPS) is 15.4. The predicted octanol–water partition coefficient (Wildman–Crippen LogP) is 5.01. The van der Waals surface area contributed by atoms with Crippen LogP contribution in [0.4, 0.5) is 0 Å². The average Bonchev–Trinajstić information content (AvgIpc) is 3.14. The van der Waals surface area contributed by atoms with E-state index in [2.05, 4.69) is 11.7 Å². The highest BCUT2D eigenvalue weighted by Crippen LogP contribution is 2.40. The van der Waals surface area contributed by atoms with Gasteiger partial charge in [0.25, 0.3) is 0 Å². The molecule has 27 heavy (non-hydrogen) atoms. The number of ether oxygens (including phenoxy) is 2. The molecule has 0 bridgehead atoms. The van der Waals surface area contributed by atoms with Crippen molar-refractivity contribution in [3.05, 3.63) is 26.7 Å². The van der Waals surface area contributed by atoms with E-state index in [0.717, 1.165) is 6.07 Å². The van der Waals surface area contributed by atoms with Crippen LogP contribution in [0.15, 0.2) is 6.07 Å². The van der Waals surface area contributed by atoms with Gasteiger partial charge in [-0.05, 0) is 24.3 Å². The molecule has 1 aromatic rings. The second-order valence-corrected chi connectivity index (χ2v) is 7.69. The van der Waals surface area contributed by atoms with Gasteiger partial charge in [-0.15, -0.1) is 0 Å². The van der Waals surface area contributed by atoms with E-state index >= 15 is 0 Å². The summed E-state index contributed by atoms with van der Waals surface area (Å²) in [5.41, 5.74) is -0.378. The van der Waals surface area contributed by atoms with Crippen LogP contribution in [0, 0.1) is 11.8 Å². The highest BCUT2D eigenvalue weighted by Gasteiger charge is 2.28. The van der Waals surface area contributed by atoms with Crippen molar-refractivity contribution in [2.45, 2.75) is 39.0 Å². The lowest BCUT2D eigenvalue weighted by molar-refractivity contribution is -0.158. The summed E-state index contributed by atoms with van der Waals surface area (Å²) in [5, 5.41) is 8.18. The number of aliphatic carboxylic acids is 1. The Labute approximate surface area is 171 Å². The molecule has 0 heterocycles. The largest absolute Gasteiger partial charge is 0.473 e. The summed E-state index contributed by atoms with van der Waals surface area (Å²) in [6.07, 6.45) is 5.49. The van der Waals surface area contributed by atoms with E-state index in [1.165, 1.54) is 25.7 Å². The maximum absolute atomic E-state index is 12.5. The van der Waals surface area contributed by atoms with E-state index in [9.17, 15) is 14.4 Å². The lowest BCUT2D eigenvalue weighted by Gasteiger charge is -2.19. The Morgan fingerprint density at radius 2 is 1.81 bits per heavy atom. The monoisotopic (exact) mass is 436 g/mol. The number of carbonyl (C=O) groups excluding carboxylic acids is 2. The molecule has 1 aliphatic carbocycles. The van der Waals surface area contributed by atoms with E-state index in [4.69, 9.17) is 44.6 Å². The number of hydrogen-bond donors (Lipinski definition) is 1. The summed E-state index contributed by atoms with van der Waals surface area (Å²) in [6, 6.07) is 1.15. The Hall–Kier alpha value is -1.50. The second kappa shape index (κ2) is 9.62. The third-order valence-corrected chi connectivity index (χ3v) is 5.78. The number of rotatable bonds is 6. The Morgan fingerprint density at radius 1 is 1.19 bits per heavy atom. The van der Waals surface area contributed by atoms with Gasteiger partial charge in [-0.3, -0.25) is 0 Å². The van der Waals surface area contributed by atoms with Gasteiger partial charge in [0.05, 0.1) is 21.7 Å². The quantitative estimate of drug-likeness (QED) is 0.291. The van der Waals surface area contributed by atoms with Crippen LogP contribution in [0.25, 0.3) is 0 Å². The highest BCUT2D eigenvalue weighted by molar-refractivity contribution is 6.46. The Morgan fingerprint density at radius 3 is 2.41 bits per heavy atom. The van der Waals surface area contributed by atoms with Crippen molar-refractivity contribution in [3.8, 4) is 5.75 Å². The van der Waals surface area contributed by atoms with Crippen LogP contribution < -0.4 is 4.74 Å². The number of carbonyl (C=O) groups is 3. The van der Waals surface area contributed by atoms with E-state index < -0.39 is 23.7 Å². The molecule has 9 heteroatoms. The molecule has 1 aromatic carbocycles. The standard InChI is InChI=1S/C18H19Cl3O6/c1-9(10-4-2-3-5-10)6-7-26-17(24)13-14(21)11(19)8-12(20)15(13)27-18(25)16(22)23/h8-10H,2-7H2,1H3,(H,22,23). The summed E-state index contributed by atoms with van der Waals surface area (Å²) in [6.45, 7) is 2.26. The van der Waals surface area contributed by atoms with E-state index in [1.807, 2.05) is 0 Å². The SMILES string of the molecule is CC(CCOC(=O)c1c(Cl)c(Cl)cc(Cl)c1OC(=O)C(=O)O)C1CCCC1. The van der Waals surface area contributed by atoms with Gasteiger partial charge in [-0.1, -0.05) is 67.4 Å². The fourth-order valence-electron chi connectivity index (χ4n) is 3.17. The predicted molar refractivity (Wildman–Crippen MR) is 101 cm³/mol. The number of halogens is 3. The molecule has 0 spiro atoms. The smallest absolute Gasteiger partial charge is 0.422 e. The minimum Gasteiger partial charge on any atom is -0.473 e. The topological polar surface area (TPSA) is 89.9 Å². The number of carboxylic acid groups (broad SMARTS) is 1. The summed E-state index contributed by atoms with van der Waals surface area (Å²) in [4.78, 5) is 34.6. The molecule has 2 rings (SSSR count). The van der Waals surface area contributed by atoms with E-state index in [1.54, 1.807) is 0 Å². The van der Waals surface area contributed by atoms with Gasteiger partial charge >= 0.3 is 17.9 Å². The molecule has 1 atom stereocenters. The van der Waals surface area contributed by atoms with Gasteiger partial charge in [0.15, 0.2) is 5.75 Å². The van der Waals surface area contributed by atoms with Crippen molar-refractivity contribution in [2.24, 2.45) is 11.8 Å². The zero-order valence-electron chi connectivity index (χ0n) is 14.6. The zero-order chi connectivity index (χ0) is 20.1. The fraction of sp³-hybridized carbons (Fsp3) is 0.500. The molecule has 0 saturated heterocycles. The number of esters is 2. The van der Waals surface area contributed by atoms with Gasteiger partial charge < -0.3 is 14.6 Å². The van der Waals surface area contributed by atoms with Crippen LogP contribution in [0.1, 0.15) is 49.4 Å². The van der Waals surface area contributed by atoms with Gasteiger partial charge in [-0.2, -0.15) is 0 Å². The Balaban J connectivity index is 2.13. The first-order valence-electron chi connectivity index (χ1n) is 8.52. The van der Waals surface area contributed by atoms with Crippen LogP contribution in [0.3, 0.4) is 0 Å². The second-order valence-electron chi connectivity index (χ2n) is 6.50. The molecule has 1 fully saturated rings. The van der Waals surface area contributed by atoms with Crippen LogP contribution in [-0.2, 0) is 14.3 Å². The lowest BCUT2D eigenvalue weighted by Crippen LogP contribution is -2.21. The average molecular weight is 438 g/mol. The van der Waals surface area contributed by atoms with E-state index in [0.29, 0.717) is 18.3 Å². The number of carboxylic acids is 1. The summed E-state index contributed by atoms with van der Waals surface area (Å²) < 4.78 is 9.94. The number of hydrogen-bond acceptors (Lipinski definition) is 5. The fourth-order valence-corrected chi connectivity index (χ4v) is 3.89. The lowest BCUT2D eigenvalue weighted by atomic mass is 9.90. The molecule has 1 unspecified atom stereocenters.